The van der Waals surface area contributed by atoms with E-state index in [0.29, 0.717) is 17.2 Å². The number of allylic oxidation sites excluding steroid dienone is 2. The molecule has 1 aliphatic heterocycles. The third kappa shape index (κ3) is 3.36. The molecule has 3 aromatic rings. The average Bonchev–Trinajstić information content (AvgIpc) is 3.47. The van der Waals surface area contributed by atoms with Gasteiger partial charge in [-0.25, -0.2) is 4.98 Å². The van der Waals surface area contributed by atoms with Crippen molar-refractivity contribution in [3.05, 3.63) is 75.4 Å². The first kappa shape index (κ1) is 20.4. The minimum absolute atomic E-state index is 0.0775. The molecule has 0 unspecified atom stereocenters. The fraction of sp³-hybridized carbons (Fsp3) is 0.308. The van der Waals surface area contributed by atoms with Gasteiger partial charge in [-0.3, -0.25) is 15.1 Å². The topological polar surface area (TPSA) is 84.2 Å². The van der Waals surface area contributed by atoms with E-state index in [2.05, 4.69) is 42.0 Å². The van der Waals surface area contributed by atoms with Crippen molar-refractivity contribution >= 4 is 17.0 Å². The van der Waals surface area contributed by atoms with Gasteiger partial charge in [-0.2, -0.15) is 0 Å². The van der Waals surface area contributed by atoms with Gasteiger partial charge in [-0.15, -0.1) is 0 Å². The maximum Gasteiger partial charge on any atom is 0.279 e. The van der Waals surface area contributed by atoms with Crippen molar-refractivity contribution in [3.8, 4) is 22.4 Å². The van der Waals surface area contributed by atoms with Gasteiger partial charge < -0.3 is 4.98 Å². The van der Waals surface area contributed by atoms with E-state index < -0.39 is 0 Å². The number of nitrogens with one attached hydrogen (secondary N) is 1. The minimum Gasteiger partial charge on any atom is -0.342 e. The Kier molecular flexibility index (Phi) is 4.81. The molecule has 6 nitrogen and oxygen atoms in total. The molecule has 2 aromatic carbocycles. The number of hydrogen-bond donors (Lipinski definition) is 1. The molecule has 0 amide bonds. The molecule has 6 heteroatoms. The van der Waals surface area contributed by atoms with Crippen LogP contribution in [0.5, 0.6) is 0 Å². The molecule has 1 aliphatic carbocycles. The number of nitro groups is 1. The van der Waals surface area contributed by atoms with Gasteiger partial charge in [0.05, 0.1) is 22.4 Å². The number of aliphatic imine (C=N–C) groups is 1. The molecular weight excluding hydrogens is 400 g/mol. The van der Waals surface area contributed by atoms with Gasteiger partial charge in [-0.05, 0) is 39.8 Å². The number of H-pyrrole nitrogens is 1. The van der Waals surface area contributed by atoms with Crippen molar-refractivity contribution in [1.82, 2.24) is 9.97 Å². The molecule has 32 heavy (non-hydrogen) atoms. The zero-order valence-electron chi connectivity index (χ0n) is 18.8. The van der Waals surface area contributed by atoms with E-state index in [4.69, 9.17) is 4.99 Å². The van der Waals surface area contributed by atoms with Crippen LogP contribution in [0.4, 0.5) is 5.69 Å². The third-order valence-electron chi connectivity index (χ3n) is 6.40. The standard InChI is InChI=1S/C26H26N4O2/c1-14(2)22-12-21-19-7-5-16(9-18(19)10-23(21)28-22)17-6-8-20(25(11-17)30(31)32)24-13-27-26(29-24)15(3)4/h5-9,11,13-15H,10,12H2,1-4H3,(H,27,29). The molecule has 0 atom stereocenters. The zero-order valence-corrected chi connectivity index (χ0v) is 18.8. The van der Waals surface area contributed by atoms with Crippen molar-refractivity contribution in [2.45, 2.75) is 46.5 Å². The molecule has 2 heterocycles. The Morgan fingerprint density at radius 3 is 2.34 bits per heavy atom. The monoisotopic (exact) mass is 426 g/mol. The van der Waals surface area contributed by atoms with E-state index in [0.717, 1.165) is 29.8 Å². The number of nitro benzene ring substituents is 1. The van der Waals surface area contributed by atoms with Crippen molar-refractivity contribution < 1.29 is 4.92 Å². The second-order valence-corrected chi connectivity index (χ2v) is 9.23. The number of benzene rings is 2. The summed E-state index contributed by atoms with van der Waals surface area (Å²) in [6.07, 6.45) is 3.44. The van der Waals surface area contributed by atoms with Crippen LogP contribution in [0.2, 0.25) is 0 Å². The molecule has 0 saturated carbocycles. The molecule has 5 rings (SSSR count). The number of hydrogen-bond acceptors (Lipinski definition) is 4. The zero-order chi connectivity index (χ0) is 22.6. The van der Waals surface area contributed by atoms with E-state index in [9.17, 15) is 10.1 Å². The van der Waals surface area contributed by atoms with Gasteiger partial charge in [0.15, 0.2) is 0 Å². The summed E-state index contributed by atoms with van der Waals surface area (Å²) in [6, 6.07) is 11.8. The Morgan fingerprint density at radius 1 is 0.969 bits per heavy atom. The molecule has 0 spiro atoms. The first-order valence-electron chi connectivity index (χ1n) is 11.1. The summed E-state index contributed by atoms with van der Waals surface area (Å²) in [5.41, 5.74) is 9.43. The Balaban J connectivity index is 1.48. The summed E-state index contributed by atoms with van der Waals surface area (Å²) >= 11 is 0. The normalized spacial score (nSPS) is 14.9. The smallest absolute Gasteiger partial charge is 0.279 e. The lowest BCUT2D eigenvalue weighted by Crippen LogP contribution is -2.05. The number of nitrogens with zero attached hydrogens (tertiary/aromatic N) is 3. The Bertz CT molecular complexity index is 1310. The number of rotatable bonds is 5. The summed E-state index contributed by atoms with van der Waals surface area (Å²) in [5, 5.41) is 11.9. The lowest BCUT2D eigenvalue weighted by atomic mass is 9.94. The van der Waals surface area contributed by atoms with Gasteiger partial charge in [0.25, 0.3) is 5.69 Å². The molecule has 2 aliphatic rings. The number of aromatic amines is 1. The van der Waals surface area contributed by atoms with Crippen LogP contribution in [0.3, 0.4) is 0 Å². The molecular formula is C26H26N4O2. The summed E-state index contributed by atoms with van der Waals surface area (Å²) in [7, 11) is 0. The van der Waals surface area contributed by atoms with Crippen LogP contribution in [0, 0.1) is 16.0 Å². The molecule has 1 aromatic heterocycles. The quantitative estimate of drug-likeness (QED) is 0.371. The lowest BCUT2D eigenvalue weighted by molar-refractivity contribution is -0.384. The van der Waals surface area contributed by atoms with Gasteiger partial charge in [0.1, 0.15) is 5.82 Å². The van der Waals surface area contributed by atoms with Crippen LogP contribution in [0.1, 0.15) is 57.0 Å². The first-order valence-corrected chi connectivity index (χ1v) is 11.1. The fourth-order valence-corrected chi connectivity index (χ4v) is 4.54. The van der Waals surface area contributed by atoms with Gasteiger partial charge >= 0.3 is 0 Å². The SMILES string of the molecule is CC(C)C1=NC2=C(C1)c1ccc(-c3ccc(-c4cnc(C(C)C)[nH]4)c([N+](=O)[O-])c3)cc1C2. The molecule has 0 fully saturated rings. The predicted octanol–water partition coefficient (Wildman–Crippen LogP) is 6.54. The van der Waals surface area contributed by atoms with E-state index >= 15 is 0 Å². The van der Waals surface area contributed by atoms with E-state index in [1.807, 2.05) is 26.0 Å². The van der Waals surface area contributed by atoms with Crippen molar-refractivity contribution in [2.24, 2.45) is 10.9 Å². The van der Waals surface area contributed by atoms with Crippen LogP contribution >= 0.6 is 0 Å². The average molecular weight is 427 g/mol. The second kappa shape index (κ2) is 7.55. The number of fused-ring (bicyclic) bond motifs is 2. The van der Waals surface area contributed by atoms with Gasteiger partial charge in [-0.1, -0.05) is 52.0 Å². The van der Waals surface area contributed by atoms with Gasteiger partial charge in [0.2, 0.25) is 0 Å². The fourth-order valence-electron chi connectivity index (χ4n) is 4.54. The van der Waals surface area contributed by atoms with Crippen LogP contribution in [-0.2, 0) is 6.42 Å². The van der Waals surface area contributed by atoms with Crippen molar-refractivity contribution in [3.63, 3.8) is 0 Å². The molecule has 162 valence electrons. The summed E-state index contributed by atoms with van der Waals surface area (Å²) in [4.78, 5) is 24.0. The largest absolute Gasteiger partial charge is 0.342 e. The third-order valence-corrected chi connectivity index (χ3v) is 6.40. The van der Waals surface area contributed by atoms with E-state index in [-0.39, 0.29) is 16.5 Å². The van der Waals surface area contributed by atoms with Crippen LogP contribution < -0.4 is 0 Å². The highest BCUT2D eigenvalue weighted by atomic mass is 16.6. The van der Waals surface area contributed by atoms with Crippen LogP contribution in [0.15, 0.2) is 53.3 Å². The summed E-state index contributed by atoms with van der Waals surface area (Å²) < 4.78 is 0. The van der Waals surface area contributed by atoms with Crippen molar-refractivity contribution in [1.29, 1.82) is 0 Å². The molecule has 0 saturated heterocycles. The molecule has 0 radical (unpaired) electrons. The Morgan fingerprint density at radius 2 is 1.69 bits per heavy atom. The van der Waals surface area contributed by atoms with Gasteiger partial charge in [0, 0.05) is 36.2 Å². The Labute approximate surface area is 187 Å². The van der Waals surface area contributed by atoms with E-state index in [1.165, 1.54) is 28.1 Å². The maximum absolute atomic E-state index is 11.9. The summed E-state index contributed by atoms with van der Waals surface area (Å²) in [6.45, 7) is 8.45. The molecule has 0 bridgehead atoms. The molecule has 1 N–H and O–H groups in total. The van der Waals surface area contributed by atoms with Crippen LogP contribution in [-0.4, -0.2) is 20.6 Å². The number of aromatic nitrogens is 2. The lowest BCUT2D eigenvalue weighted by Gasteiger charge is -2.11. The van der Waals surface area contributed by atoms with E-state index in [1.54, 1.807) is 12.3 Å². The second-order valence-electron chi connectivity index (χ2n) is 9.23. The highest BCUT2D eigenvalue weighted by molar-refractivity contribution is 6.02. The minimum atomic E-state index is -0.319. The highest BCUT2D eigenvalue weighted by Gasteiger charge is 2.28. The number of imidazole rings is 1. The van der Waals surface area contributed by atoms with Crippen molar-refractivity contribution in [2.75, 3.05) is 0 Å². The van der Waals surface area contributed by atoms with Crippen LogP contribution in [0.25, 0.3) is 28.0 Å². The Hall–Kier alpha value is -3.54. The summed E-state index contributed by atoms with van der Waals surface area (Å²) in [5.74, 6) is 1.51. The maximum atomic E-state index is 11.9. The highest BCUT2D eigenvalue weighted by Crippen LogP contribution is 2.42. The predicted molar refractivity (Wildman–Crippen MR) is 128 cm³/mol. The first-order chi connectivity index (χ1) is 15.3.